The summed E-state index contributed by atoms with van der Waals surface area (Å²) in [4.78, 5) is 11.8. The first-order valence-electron chi connectivity index (χ1n) is 7.54. The lowest BCUT2D eigenvalue weighted by atomic mass is 10.1. The molecule has 1 aliphatic rings. The number of nitrogens with one attached hydrogen (secondary N) is 1. The van der Waals surface area contributed by atoms with Gasteiger partial charge >= 0.3 is 0 Å². The van der Waals surface area contributed by atoms with Crippen molar-refractivity contribution in [2.24, 2.45) is 0 Å². The number of likely N-dealkylation sites (tertiary alicyclic amines) is 1. The van der Waals surface area contributed by atoms with E-state index in [0.717, 1.165) is 13.2 Å². The van der Waals surface area contributed by atoms with Crippen molar-refractivity contribution in [2.75, 3.05) is 39.5 Å². The molecule has 21 heavy (non-hydrogen) atoms. The van der Waals surface area contributed by atoms with Gasteiger partial charge in [-0.1, -0.05) is 6.07 Å². The number of rotatable bonds is 8. The molecular weight excluding hydrogens is 272 g/mol. The molecule has 0 radical (unpaired) electrons. The minimum Gasteiger partial charge on any atom is -0.491 e. The molecule has 6 heteroatoms. The summed E-state index contributed by atoms with van der Waals surface area (Å²) in [6.45, 7) is 5.23. The van der Waals surface area contributed by atoms with Gasteiger partial charge in [-0.05, 0) is 25.3 Å². The number of hydrogen-bond acceptors (Lipinski definition) is 4. The van der Waals surface area contributed by atoms with Gasteiger partial charge in [0.25, 0.3) is 5.69 Å². The molecule has 0 bridgehead atoms. The van der Waals surface area contributed by atoms with Crippen LogP contribution in [0.2, 0.25) is 0 Å². The number of hydrogen-bond donors (Lipinski definition) is 1. The van der Waals surface area contributed by atoms with Crippen molar-refractivity contribution in [2.45, 2.75) is 19.3 Å². The van der Waals surface area contributed by atoms with Crippen molar-refractivity contribution in [3.05, 3.63) is 34.4 Å². The SMILES string of the molecule is O=[N+]([O-])c1cccc(OCCOCC[NH+]2CCCCC2)c1. The molecular formula is C15H23N2O4+. The molecule has 6 nitrogen and oxygen atoms in total. The van der Waals surface area contributed by atoms with E-state index < -0.39 is 4.92 Å². The first-order valence-corrected chi connectivity index (χ1v) is 7.54. The molecule has 1 aromatic rings. The first-order chi connectivity index (χ1) is 10.3. The van der Waals surface area contributed by atoms with Crippen molar-refractivity contribution in [3.63, 3.8) is 0 Å². The van der Waals surface area contributed by atoms with Gasteiger partial charge in [-0.25, -0.2) is 0 Å². The van der Waals surface area contributed by atoms with Crippen LogP contribution < -0.4 is 9.64 Å². The summed E-state index contributed by atoms with van der Waals surface area (Å²) in [5.41, 5.74) is 0.0436. The number of nitro benzene ring substituents is 1. The summed E-state index contributed by atoms with van der Waals surface area (Å²) in [5.74, 6) is 0.509. The Hall–Kier alpha value is -1.66. The van der Waals surface area contributed by atoms with Gasteiger partial charge in [-0.3, -0.25) is 10.1 Å². The molecule has 1 aromatic carbocycles. The average molecular weight is 295 g/mol. The van der Waals surface area contributed by atoms with Crippen LogP contribution >= 0.6 is 0 Å². The van der Waals surface area contributed by atoms with Crippen LogP contribution in [-0.2, 0) is 4.74 Å². The van der Waals surface area contributed by atoms with Gasteiger partial charge in [0.2, 0.25) is 0 Å². The van der Waals surface area contributed by atoms with E-state index >= 15 is 0 Å². The largest absolute Gasteiger partial charge is 0.491 e. The third-order valence-electron chi connectivity index (χ3n) is 3.69. The Bertz CT molecular complexity index is 447. The number of nitrogens with zero attached hydrogens (tertiary/aromatic N) is 1. The van der Waals surface area contributed by atoms with E-state index in [2.05, 4.69) is 0 Å². The van der Waals surface area contributed by atoms with Crippen LogP contribution in [0, 0.1) is 10.1 Å². The molecule has 0 unspecified atom stereocenters. The lowest BCUT2D eigenvalue weighted by Gasteiger charge is -2.23. The molecule has 2 rings (SSSR count). The molecule has 116 valence electrons. The van der Waals surface area contributed by atoms with Crippen molar-refractivity contribution in [1.29, 1.82) is 0 Å². The monoisotopic (exact) mass is 295 g/mol. The fraction of sp³-hybridized carbons (Fsp3) is 0.600. The molecule has 0 amide bonds. The number of benzene rings is 1. The normalized spacial score (nSPS) is 15.8. The molecule has 1 aliphatic heterocycles. The highest BCUT2D eigenvalue weighted by atomic mass is 16.6. The second-order valence-corrected chi connectivity index (χ2v) is 5.28. The van der Waals surface area contributed by atoms with Crippen molar-refractivity contribution < 1.29 is 19.3 Å². The highest BCUT2D eigenvalue weighted by molar-refractivity contribution is 5.37. The quantitative estimate of drug-likeness (QED) is 0.442. The van der Waals surface area contributed by atoms with Crippen LogP contribution in [0.1, 0.15) is 19.3 Å². The lowest BCUT2D eigenvalue weighted by molar-refractivity contribution is -0.905. The van der Waals surface area contributed by atoms with E-state index in [-0.39, 0.29) is 5.69 Å². The smallest absolute Gasteiger partial charge is 0.273 e. The van der Waals surface area contributed by atoms with Crippen LogP contribution in [-0.4, -0.2) is 44.4 Å². The van der Waals surface area contributed by atoms with E-state index in [1.54, 1.807) is 17.0 Å². The van der Waals surface area contributed by atoms with Gasteiger partial charge < -0.3 is 14.4 Å². The zero-order chi connectivity index (χ0) is 14.9. The maximum absolute atomic E-state index is 10.6. The van der Waals surface area contributed by atoms with Gasteiger partial charge in [0, 0.05) is 6.07 Å². The maximum Gasteiger partial charge on any atom is 0.273 e. The molecule has 1 heterocycles. The zero-order valence-electron chi connectivity index (χ0n) is 12.3. The van der Waals surface area contributed by atoms with Crippen molar-refractivity contribution in [3.8, 4) is 5.75 Å². The summed E-state index contributed by atoms with van der Waals surface area (Å²) >= 11 is 0. The molecule has 0 saturated carbocycles. The van der Waals surface area contributed by atoms with E-state index in [1.165, 1.54) is 44.5 Å². The van der Waals surface area contributed by atoms with Gasteiger partial charge in [-0.2, -0.15) is 0 Å². The van der Waals surface area contributed by atoms with Crippen LogP contribution in [0.3, 0.4) is 0 Å². The topological polar surface area (TPSA) is 66.0 Å². The summed E-state index contributed by atoms with van der Waals surface area (Å²) < 4.78 is 11.0. The molecule has 0 aromatic heterocycles. The van der Waals surface area contributed by atoms with Crippen LogP contribution in [0.4, 0.5) is 5.69 Å². The molecule has 0 spiro atoms. The zero-order valence-corrected chi connectivity index (χ0v) is 12.3. The van der Waals surface area contributed by atoms with E-state index in [0.29, 0.717) is 19.0 Å². The van der Waals surface area contributed by atoms with Crippen LogP contribution in [0.5, 0.6) is 5.75 Å². The Kier molecular flexibility index (Phi) is 6.43. The third kappa shape index (κ3) is 5.69. The first kappa shape index (κ1) is 15.7. The van der Waals surface area contributed by atoms with Gasteiger partial charge in [-0.15, -0.1) is 0 Å². The lowest BCUT2D eigenvalue weighted by Crippen LogP contribution is -3.13. The number of ether oxygens (including phenoxy) is 2. The second-order valence-electron chi connectivity index (χ2n) is 5.28. The number of nitro groups is 1. The second kappa shape index (κ2) is 8.59. The van der Waals surface area contributed by atoms with Crippen molar-refractivity contribution >= 4 is 5.69 Å². The average Bonchev–Trinajstić information content (AvgIpc) is 2.52. The predicted octanol–water partition coefficient (Wildman–Crippen LogP) is 1.06. The van der Waals surface area contributed by atoms with Gasteiger partial charge in [0.15, 0.2) is 0 Å². The minimum absolute atomic E-state index is 0.0436. The fourth-order valence-electron chi connectivity index (χ4n) is 2.53. The number of quaternary nitrogens is 1. The summed E-state index contributed by atoms with van der Waals surface area (Å²) in [6, 6.07) is 6.21. The van der Waals surface area contributed by atoms with E-state index in [4.69, 9.17) is 9.47 Å². The van der Waals surface area contributed by atoms with Gasteiger partial charge in [0.1, 0.15) is 18.9 Å². The van der Waals surface area contributed by atoms with Crippen LogP contribution in [0.25, 0.3) is 0 Å². The standard InChI is InChI=1S/C15H22N2O4/c18-17(19)14-5-4-6-15(13-14)21-12-11-20-10-9-16-7-2-1-3-8-16/h4-6,13H,1-3,7-12H2/p+1. The number of piperidine rings is 1. The minimum atomic E-state index is -0.426. The highest BCUT2D eigenvalue weighted by Crippen LogP contribution is 2.18. The molecule has 1 fully saturated rings. The molecule has 0 aliphatic carbocycles. The Morgan fingerprint density at radius 2 is 1.95 bits per heavy atom. The van der Waals surface area contributed by atoms with E-state index in [9.17, 15) is 10.1 Å². The highest BCUT2D eigenvalue weighted by Gasteiger charge is 2.12. The fourth-order valence-corrected chi connectivity index (χ4v) is 2.53. The Morgan fingerprint density at radius 3 is 2.71 bits per heavy atom. The Labute approximate surface area is 124 Å². The number of non-ortho nitro benzene ring substituents is 1. The van der Waals surface area contributed by atoms with Gasteiger partial charge in [0.05, 0.1) is 37.3 Å². The molecule has 1 saturated heterocycles. The summed E-state index contributed by atoms with van der Waals surface area (Å²) in [5, 5.41) is 10.6. The summed E-state index contributed by atoms with van der Waals surface area (Å²) in [6.07, 6.45) is 4.01. The van der Waals surface area contributed by atoms with E-state index in [1.807, 2.05) is 0 Å². The third-order valence-corrected chi connectivity index (χ3v) is 3.69. The summed E-state index contributed by atoms with van der Waals surface area (Å²) in [7, 11) is 0. The predicted molar refractivity (Wildman–Crippen MR) is 78.8 cm³/mol. The Balaban J connectivity index is 1.57. The molecule has 0 atom stereocenters. The van der Waals surface area contributed by atoms with Crippen LogP contribution in [0.15, 0.2) is 24.3 Å². The Morgan fingerprint density at radius 1 is 1.14 bits per heavy atom. The molecule has 1 N–H and O–H groups in total. The maximum atomic E-state index is 10.6. The van der Waals surface area contributed by atoms with Crippen molar-refractivity contribution in [1.82, 2.24) is 0 Å².